The second-order valence-electron chi connectivity index (χ2n) is 5.24. The van der Waals surface area contributed by atoms with Gasteiger partial charge in [0.15, 0.2) is 0 Å². The van der Waals surface area contributed by atoms with Crippen LogP contribution in [0.4, 0.5) is 4.79 Å². The second-order valence-corrected chi connectivity index (χ2v) is 6.87. The number of hydrogen-bond acceptors (Lipinski definition) is 5. The summed E-state index contributed by atoms with van der Waals surface area (Å²) in [6, 6.07) is -0.0961. The van der Waals surface area contributed by atoms with Crippen LogP contribution in [0, 0.1) is 0 Å². The lowest BCUT2D eigenvalue weighted by atomic mass is 9.99. The summed E-state index contributed by atoms with van der Waals surface area (Å²) in [5.74, 6) is 0. The van der Waals surface area contributed by atoms with Crippen LogP contribution in [0.15, 0.2) is 0 Å². The fourth-order valence-electron chi connectivity index (χ4n) is 2.56. The van der Waals surface area contributed by atoms with Crippen molar-refractivity contribution in [3.63, 3.8) is 0 Å². The van der Waals surface area contributed by atoms with E-state index >= 15 is 0 Å². The van der Waals surface area contributed by atoms with Crippen molar-refractivity contribution in [2.45, 2.75) is 58.5 Å². The highest BCUT2D eigenvalue weighted by Crippen LogP contribution is 2.22. The quantitative estimate of drug-likeness (QED) is 0.736. The monoisotopic (exact) mass is 321 g/mol. The van der Waals surface area contributed by atoms with Gasteiger partial charge in [-0.05, 0) is 39.7 Å². The Labute approximate surface area is 127 Å². The molecule has 1 amide bonds. The number of nitrogens with zero attached hydrogens (tertiary/aromatic N) is 1. The average Bonchev–Trinajstić information content (AvgIpc) is 2.44. The molecule has 1 aliphatic rings. The predicted molar refractivity (Wildman–Crippen MR) is 81.2 cm³/mol. The molecule has 1 rings (SSSR count). The summed E-state index contributed by atoms with van der Waals surface area (Å²) in [5, 5.41) is 3.33. The highest BCUT2D eigenvalue weighted by molar-refractivity contribution is 7.87. The first-order valence-corrected chi connectivity index (χ1v) is 9.06. The molecule has 8 heteroatoms. The number of amides is 1. The molecule has 2 N–H and O–H groups in total. The van der Waals surface area contributed by atoms with Gasteiger partial charge in [-0.3, -0.25) is 0 Å². The van der Waals surface area contributed by atoms with E-state index in [1.807, 2.05) is 11.6 Å². The van der Waals surface area contributed by atoms with Crippen LogP contribution in [-0.4, -0.2) is 50.6 Å². The van der Waals surface area contributed by atoms with Crippen LogP contribution in [-0.2, 0) is 14.9 Å². The molecule has 1 aliphatic heterocycles. The van der Waals surface area contributed by atoms with E-state index in [0.29, 0.717) is 6.54 Å². The van der Waals surface area contributed by atoms with Crippen molar-refractivity contribution in [2.75, 3.05) is 19.7 Å². The van der Waals surface area contributed by atoms with Crippen molar-refractivity contribution < 1.29 is 17.9 Å². The van der Waals surface area contributed by atoms with Crippen molar-refractivity contribution in [3.8, 4) is 0 Å². The summed E-state index contributed by atoms with van der Waals surface area (Å²) < 4.78 is 32.7. The molecule has 0 aromatic rings. The zero-order chi connectivity index (χ0) is 15.9. The van der Waals surface area contributed by atoms with Crippen LogP contribution < -0.4 is 10.0 Å². The normalized spacial score (nSPS) is 21.8. The SMILES string of the molecule is CCCNC(C)C1CCCCN1S(=O)(=O)NC(=O)OCC. The summed E-state index contributed by atoms with van der Waals surface area (Å²) >= 11 is 0. The first-order valence-electron chi connectivity index (χ1n) is 7.62. The molecule has 124 valence electrons. The Morgan fingerprint density at radius 1 is 1.38 bits per heavy atom. The lowest BCUT2D eigenvalue weighted by molar-refractivity contribution is 0.156. The van der Waals surface area contributed by atoms with E-state index in [1.54, 1.807) is 6.92 Å². The fourth-order valence-corrected chi connectivity index (χ4v) is 3.96. The number of rotatable bonds is 7. The minimum Gasteiger partial charge on any atom is -0.449 e. The highest BCUT2D eigenvalue weighted by Gasteiger charge is 2.36. The number of carbonyl (C=O) groups excluding carboxylic acids is 1. The first kappa shape index (κ1) is 18.2. The van der Waals surface area contributed by atoms with Gasteiger partial charge in [-0.15, -0.1) is 0 Å². The van der Waals surface area contributed by atoms with Gasteiger partial charge in [0.05, 0.1) is 6.61 Å². The largest absolute Gasteiger partial charge is 0.449 e. The third-order valence-corrected chi connectivity index (χ3v) is 5.08. The Kier molecular flexibility index (Phi) is 7.41. The van der Waals surface area contributed by atoms with E-state index in [1.165, 1.54) is 4.31 Å². The van der Waals surface area contributed by atoms with E-state index in [4.69, 9.17) is 0 Å². The van der Waals surface area contributed by atoms with Gasteiger partial charge < -0.3 is 10.1 Å². The maximum Gasteiger partial charge on any atom is 0.421 e. The topological polar surface area (TPSA) is 87.7 Å². The maximum absolute atomic E-state index is 12.3. The van der Waals surface area contributed by atoms with Gasteiger partial charge in [-0.25, -0.2) is 9.52 Å². The summed E-state index contributed by atoms with van der Waals surface area (Å²) in [6.45, 7) is 7.09. The van der Waals surface area contributed by atoms with E-state index in [2.05, 4.69) is 17.0 Å². The first-order chi connectivity index (χ1) is 9.92. The van der Waals surface area contributed by atoms with Crippen LogP contribution >= 0.6 is 0 Å². The highest BCUT2D eigenvalue weighted by atomic mass is 32.2. The van der Waals surface area contributed by atoms with Crippen molar-refractivity contribution >= 4 is 16.3 Å². The molecular formula is C13H27N3O4S. The third kappa shape index (κ3) is 5.44. The molecule has 1 heterocycles. The molecule has 0 bridgehead atoms. The van der Waals surface area contributed by atoms with E-state index < -0.39 is 16.3 Å². The number of hydrogen-bond donors (Lipinski definition) is 2. The zero-order valence-corrected chi connectivity index (χ0v) is 13.9. The van der Waals surface area contributed by atoms with Crippen LogP contribution in [0.3, 0.4) is 0 Å². The molecule has 0 aromatic carbocycles. The number of nitrogens with one attached hydrogen (secondary N) is 2. The van der Waals surface area contributed by atoms with Crippen molar-refractivity contribution in [1.82, 2.24) is 14.3 Å². The van der Waals surface area contributed by atoms with Gasteiger partial charge in [0, 0.05) is 18.6 Å². The van der Waals surface area contributed by atoms with E-state index in [9.17, 15) is 13.2 Å². The van der Waals surface area contributed by atoms with Crippen LogP contribution in [0.25, 0.3) is 0 Å². The smallest absolute Gasteiger partial charge is 0.421 e. The summed E-state index contributed by atoms with van der Waals surface area (Å²) in [5.41, 5.74) is 0. The van der Waals surface area contributed by atoms with Crippen LogP contribution in [0.2, 0.25) is 0 Å². The molecule has 0 spiro atoms. The van der Waals surface area contributed by atoms with Gasteiger partial charge in [0.1, 0.15) is 0 Å². The Morgan fingerprint density at radius 2 is 2.10 bits per heavy atom. The standard InChI is InChI=1S/C13H27N3O4S/c1-4-9-14-11(3)12-8-6-7-10-16(12)21(18,19)15-13(17)20-5-2/h11-12,14H,4-10H2,1-3H3,(H,15,17). The van der Waals surface area contributed by atoms with Gasteiger partial charge in [-0.1, -0.05) is 13.3 Å². The molecule has 0 aromatic heterocycles. The predicted octanol–water partition coefficient (Wildman–Crippen LogP) is 1.22. The average molecular weight is 321 g/mol. The lowest BCUT2D eigenvalue weighted by Crippen LogP contribution is -2.56. The maximum atomic E-state index is 12.3. The van der Waals surface area contributed by atoms with Gasteiger partial charge in [0.25, 0.3) is 0 Å². The number of ether oxygens (including phenoxy) is 1. The summed E-state index contributed by atoms with van der Waals surface area (Å²) in [7, 11) is -3.86. The van der Waals surface area contributed by atoms with Gasteiger partial charge in [-0.2, -0.15) is 12.7 Å². The molecule has 1 fully saturated rings. The van der Waals surface area contributed by atoms with Crippen LogP contribution in [0.5, 0.6) is 0 Å². The van der Waals surface area contributed by atoms with Crippen LogP contribution in [0.1, 0.15) is 46.5 Å². The molecule has 2 unspecified atom stereocenters. The Bertz CT molecular complexity index is 427. The molecular weight excluding hydrogens is 294 g/mol. The minimum atomic E-state index is -3.86. The molecule has 0 radical (unpaired) electrons. The summed E-state index contributed by atoms with van der Waals surface area (Å²) in [6.07, 6.45) is 2.66. The zero-order valence-electron chi connectivity index (χ0n) is 13.1. The molecule has 0 aliphatic carbocycles. The molecule has 7 nitrogen and oxygen atoms in total. The van der Waals surface area contributed by atoms with Crippen molar-refractivity contribution in [1.29, 1.82) is 0 Å². The Hall–Kier alpha value is -0.860. The summed E-state index contributed by atoms with van der Waals surface area (Å²) in [4.78, 5) is 11.4. The molecule has 0 saturated carbocycles. The van der Waals surface area contributed by atoms with E-state index in [-0.39, 0.29) is 18.7 Å². The third-order valence-electron chi connectivity index (χ3n) is 3.59. The molecule has 21 heavy (non-hydrogen) atoms. The Morgan fingerprint density at radius 3 is 2.71 bits per heavy atom. The van der Waals surface area contributed by atoms with Crippen molar-refractivity contribution in [3.05, 3.63) is 0 Å². The lowest BCUT2D eigenvalue weighted by Gasteiger charge is -2.38. The number of piperidine rings is 1. The minimum absolute atomic E-state index is 0.0454. The molecule has 1 saturated heterocycles. The van der Waals surface area contributed by atoms with E-state index in [0.717, 1.165) is 32.2 Å². The number of carbonyl (C=O) groups is 1. The fraction of sp³-hybridized carbons (Fsp3) is 0.923. The van der Waals surface area contributed by atoms with Gasteiger partial charge >= 0.3 is 16.3 Å². The van der Waals surface area contributed by atoms with Gasteiger partial charge in [0.2, 0.25) is 0 Å². The molecule has 2 atom stereocenters. The Balaban J connectivity index is 2.77. The second kappa shape index (κ2) is 8.55. The van der Waals surface area contributed by atoms with Crippen molar-refractivity contribution in [2.24, 2.45) is 0 Å².